The summed E-state index contributed by atoms with van der Waals surface area (Å²) in [4.78, 5) is 12.4. The molecule has 1 aromatic rings. The zero-order valence-electron chi connectivity index (χ0n) is 9.89. The Balaban J connectivity index is 2.09. The monoisotopic (exact) mass is 228 g/mol. The molecule has 17 heavy (non-hydrogen) atoms. The lowest BCUT2D eigenvalue weighted by molar-refractivity contribution is 0.0455. The summed E-state index contributed by atoms with van der Waals surface area (Å²) in [5.74, 6) is 0.259. The third kappa shape index (κ3) is 1.55. The van der Waals surface area contributed by atoms with Gasteiger partial charge < -0.3 is 5.11 Å². The van der Waals surface area contributed by atoms with Gasteiger partial charge in [0.2, 0.25) is 0 Å². The Labute approximate surface area is 101 Å². The lowest BCUT2D eigenvalue weighted by atomic mass is 9.67. The van der Waals surface area contributed by atoms with Crippen LogP contribution in [-0.4, -0.2) is 10.9 Å². The van der Waals surface area contributed by atoms with Crippen molar-refractivity contribution in [2.75, 3.05) is 0 Å². The highest BCUT2D eigenvalue weighted by Gasteiger charge is 2.41. The highest BCUT2D eigenvalue weighted by molar-refractivity contribution is 6.01. The number of carbonyl (C=O) groups is 1. The minimum atomic E-state index is -0.488. The van der Waals surface area contributed by atoms with E-state index in [1.807, 2.05) is 24.3 Å². The molecule has 0 unspecified atom stereocenters. The van der Waals surface area contributed by atoms with Gasteiger partial charge in [-0.1, -0.05) is 35.9 Å². The van der Waals surface area contributed by atoms with Gasteiger partial charge in [0.25, 0.3) is 0 Å². The van der Waals surface area contributed by atoms with Crippen molar-refractivity contribution >= 4 is 5.78 Å². The van der Waals surface area contributed by atoms with Gasteiger partial charge in [-0.15, -0.1) is 0 Å². The van der Waals surface area contributed by atoms with Crippen molar-refractivity contribution < 1.29 is 9.90 Å². The standard InChI is InChI=1S/C15H16O2/c1-9-6-7-12-13(8-9)15(17)11-5-3-2-4-10(11)14(12)16/h2-6,12-14,16H,7-8H2,1H3/t12-,13+,14+/m0/s1. The molecule has 2 aliphatic carbocycles. The van der Waals surface area contributed by atoms with Gasteiger partial charge in [0, 0.05) is 17.4 Å². The second-order valence-corrected chi connectivity index (χ2v) is 5.16. The first kappa shape index (κ1) is 10.7. The summed E-state index contributed by atoms with van der Waals surface area (Å²) in [6.45, 7) is 2.07. The molecule has 2 aliphatic rings. The summed E-state index contributed by atoms with van der Waals surface area (Å²) in [5, 5.41) is 10.4. The topological polar surface area (TPSA) is 37.3 Å². The number of fused-ring (bicyclic) bond motifs is 2. The summed E-state index contributed by atoms with van der Waals surface area (Å²) in [6.07, 6.45) is 3.29. The molecule has 0 saturated carbocycles. The fraction of sp³-hybridized carbons (Fsp3) is 0.400. The van der Waals surface area contributed by atoms with Crippen molar-refractivity contribution in [2.24, 2.45) is 11.8 Å². The Bertz CT molecular complexity index is 501. The third-order valence-corrected chi connectivity index (χ3v) is 4.08. The van der Waals surface area contributed by atoms with E-state index < -0.39 is 6.10 Å². The molecule has 0 aliphatic heterocycles. The van der Waals surface area contributed by atoms with E-state index in [-0.39, 0.29) is 17.6 Å². The van der Waals surface area contributed by atoms with Gasteiger partial charge in [0.05, 0.1) is 6.10 Å². The summed E-state index contributed by atoms with van der Waals surface area (Å²) in [7, 11) is 0. The zero-order valence-corrected chi connectivity index (χ0v) is 9.89. The lowest BCUT2D eigenvalue weighted by Crippen LogP contribution is -2.36. The van der Waals surface area contributed by atoms with Crippen LogP contribution in [0, 0.1) is 11.8 Å². The quantitative estimate of drug-likeness (QED) is 0.693. The smallest absolute Gasteiger partial charge is 0.167 e. The molecule has 0 amide bonds. The van der Waals surface area contributed by atoms with Crippen LogP contribution in [0.2, 0.25) is 0 Å². The van der Waals surface area contributed by atoms with E-state index in [4.69, 9.17) is 0 Å². The molecular formula is C15H16O2. The van der Waals surface area contributed by atoms with E-state index in [1.165, 1.54) is 5.57 Å². The number of carbonyl (C=O) groups excluding carboxylic acids is 1. The van der Waals surface area contributed by atoms with Crippen LogP contribution in [0.5, 0.6) is 0 Å². The van der Waals surface area contributed by atoms with Crippen molar-refractivity contribution in [1.82, 2.24) is 0 Å². The maximum absolute atomic E-state index is 12.4. The molecule has 0 aromatic heterocycles. The van der Waals surface area contributed by atoms with Crippen molar-refractivity contribution in [3.05, 3.63) is 47.0 Å². The predicted molar refractivity (Wildman–Crippen MR) is 65.7 cm³/mol. The molecule has 0 saturated heterocycles. The number of hydrogen-bond donors (Lipinski definition) is 1. The maximum atomic E-state index is 12.4. The number of hydrogen-bond acceptors (Lipinski definition) is 2. The van der Waals surface area contributed by atoms with Gasteiger partial charge in [-0.2, -0.15) is 0 Å². The molecule has 0 fully saturated rings. The van der Waals surface area contributed by atoms with Gasteiger partial charge in [0.1, 0.15) is 0 Å². The van der Waals surface area contributed by atoms with E-state index >= 15 is 0 Å². The maximum Gasteiger partial charge on any atom is 0.167 e. The highest BCUT2D eigenvalue weighted by atomic mass is 16.3. The van der Waals surface area contributed by atoms with Crippen LogP contribution < -0.4 is 0 Å². The minimum absolute atomic E-state index is 0.0232. The Hall–Kier alpha value is -1.41. The number of aliphatic hydroxyl groups excluding tert-OH is 1. The summed E-state index contributed by atoms with van der Waals surface area (Å²) >= 11 is 0. The van der Waals surface area contributed by atoms with Crippen LogP contribution in [-0.2, 0) is 0 Å². The molecule has 0 bridgehead atoms. The van der Waals surface area contributed by atoms with Crippen molar-refractivity contribution in [3.8, 4) is 0 Å². The number of Topliss-reactive ketones (excluding diaryl/α,β-unsaturated/α-hetero) is 1. The van der Waals surface area contributed by atoms with Gasteiger partial charge in [0.15, 0.2) is 5.78 Å². The first-order chi connectivity index (χ1) is 8.18. The van der Waals surface area contributed by atoms with Gasteiger partial charge in [-0.25, -0.2) is 0 Å². The molecule has 2 heteroatoms. The van der Waals surface area contributed by atoms with Crippen LogP contribution in [0.25, 0.3) is 0 Å². The molecular weight excluding hydrogens is 212 g/mol. The molecule has 3 atom stereocenters. The Morgan fingerprint density at radius 1 is 1.29 bits per heavy atom. The fourth-order valence-corrected chi connectivity index (χ4v) is 3.13. The van der Waals surface area contributed by atoms with Crippen LogP contribution in [0.1, 0.15) is 41.8 Å². The van der Waals surface area contributed by atoms with Crippen molar-refractivity contribution in [1.29, 1.82) is 0 Å². The van der Waals surface area contributed by atoms with E-state index in [0.29, 0.717) is 0 Å². The number of rotatable bonds is 0. The summed E-state index contributed by atoms with van der Waals surface area (Å²) in [6, 6.07) is 7.47. The number of benzene rings is 1. The van der Waals surface area contributed by atoms with Crippen LogP contribution >= 0.6 is 0 Å². The summed E-state index contributed by atoms with van der Waals surface area (Å²) < 4.78 is 0. The molecule has 1 N–H and O–H groups in total. The number of ketones is 1. The highest BCUT2D eigenvalue weighted by Crippen LogP contribution is 2.44. The van der Waals surface area contributed by atoms with Crippen LogP contribution in [0.3, 0.4) is 0 Å². The largest absolute Gasteiger partial charge is 0.388 e. The average Bonchev–Trinajstić information content (AvgIpc) is 2.36. The zero-order chi connectivity index (χ0) is 12.0. The molecule has 0 radical (unpaired) electrons. The number of aliphatic hydroxyl groups is 1. The van der Waals surface area contributed by atoms with E-state index in [9.17, 15) is 9.90 Å². The molecule has 0 heterocycles. The van der Waals surface area contributed by atoms with Gasteiger partial charge in [-0.05, 0) is 25.3 Å². The number of allylic oxidation sites excluding steroid dienone is 2. The van der Waals surface area contributed by atoms with Crippen molar-refractivity contribution in [3.63, 3.8) is 0 Å². The van der Waals surface area contributed by atoms with Gasteiger partial charge >= 0.3 is 0 Å². The Kier molecular flexibility index (Phi) is 2.40. The fourth-order valence-electron chi connectivity index (χ4n) is 3.13. The lowest BCUT2D eigenvalue weighted by Gasteiger charge is -2.38. The minimum Gasteiger partial charge on any atom is -0.388 e. The first-order valence-electron chi connectivity index (χ1n) is 6.15. The van der Waals surface area contributed by atoms with E-state index in [1.54, 1.807) is 0 Å². The Morgan fingerprint density at radius 3 is 2.88 bits per heavy atom. The van der Waals surface area contributed by atoms with Gasteiger partial charge in [-0.3, -0.25) is 4.79 Å². The second-order valence-electron chi connectivity index (χ2n) is 5.16. The molecule has 0 spiro atoms. The van der Waals surface area contributed by atoms with Crippen molar-refractivity contribution in [2.45, 2.75) is 25.9 Å². The third-order valence-electron chi connectivity index (χ3n) is 4.08. The predicted octanol–water partition coefficient (Wildman–Crippen LogP) is 2.89. The van der Waals surface area contributed by atoms with Crippen LogP contribution in [0.15, 0.2) is 35.9 Å². The molecule has 2 nitrogen and oxygen atoms in total. The summed E-state index contributed by atoms with van der Waals surface area (Å²) in [5.41, 5.74) is 2.80. The molecule has 3 rings (SSSR count). The SMILES string of the molecule is CC1=CC[C@@H]2[C@H](O)c3ccccc3C(=O)[C@@H]2C1. The van der Waals surface area contributed by atoms with Crippen LogP contribution in [0.4, 0.5) is 0 Å². The normalized spacial score (nSPS) is 31.5. The first-order valence-corrected chi connectivity index (χ1v) is 6.15. The second kappa shape index (κ2) is 3.81. The van der Waals surface area contributed by atoms with E-state index in [0.717, 1.165) is 24.0 Å². The average molecular weight is 228 g/mol. The Morgan fingerprint density at radius 2 is 2.06 bits per heavy atom. The molecule has 88 valence electrons. The van der Waals surface area contributed by atoms with E-state index in [2.05, 4.69) is 13.0 Å². The molecule has 1 aromatic carbocycles.